The lowest BCUT2D eigenvalue weighted by molar-refractivity contribution is -0.140. The molecule has 1 aliphatic heterocycles. The number of rotatable bonds is 5. The van der Waals surface area contributed by atoms with Crippen LogP contribution in [0, 0.1) is 12.8 Å². The largest absolute Gasteiger partial charge is 0.481 e. The van der Waals surface area contributed by atoms with Crippen molar-refractivity contribution in [1.29, 1.82) is 0 Å². The Bertz CT molecular complexity index is 582. The fourth-order valence-corrected chi connectivity index (χ4v) is 2.97. The van der Waals surface area contributed by atoms with E-state index in [0.717, 1.165) is 18.4 Å². The van der Waals surface area contributed by atoms with Crippen molar-refractivity contribution in [3.8, 4) is 5.75 Å². The van der Waals surface area contributed by atoms with Gasteiger partial charge in [-0.2, -0.15) is 0 Å². The number of aryl methyl sites for hydroxylation is 1. The van der Waals surface area contributed by atoms with Gasteiger partial charge in [-0.15, -0.1) is 0 Å². The fraction of sp³-hybridized carbons (Fsp3) is 0.529. The van der Waals surface area contributed by atoms with Crippen molar-refractivity contribution < 1.29 is 19.4 Å². The van der Waals surface area contributed by atoms with E-state index in [9.17, 15) is 9.59 Å². The summed E-state index contributed by atoms with van der Waals surface area (Å²) in [5.74, 6) is -0.204. The molecule has 1 aromatic rings. The summed E-state index contributed by atoms with van der Waals surface area (Å²) in [6, 6.07) is 5.45. The number of aliphatic carboxylic acids is 1. The van der Waals surface area contributed by atoms with Crippen LogP contribution in [0.15, 0.2) is 18.2 Å². The first kappa shape index (κ1) is 17.6. The summed E-state index contributed by atoms with van der Waals surface area (Å²) in [7, 11) is 0. The highest BCUT2D eigenvalue weighted by molar-refractivity contribution is 6.32. The Balaban J connectivity index is 1.90. The van der Waals surface area contributed by atoms with Crippen LogP contribution in [0.5, 0.6) is 5.75 Å². The molecule has 2 rings (SSSR count). The number of hydrogen-bond donors (Lipinski definition) is 1. The maximum Gasteiger partial charge on any atom is 0.303 e. The Morgan fingerprint density at radius 3 is 2.65 bits per heavy atom. The van der Waals surface area contributed by atoms with Gasteiger partial charge in [0.1, 0.15) is 5.75 Å². The Hall–Kier alpha value is -1.75. The van der Waals surface area contributed by atoms with E-state index in [4.69, 9.17) is 21.4 Å². The van der Waals surface area contributed by atoms with Gasteiger partial charge >= 0.3 is 5.97 Å². The first-order valence-corrected chi connectivity index (χ1v) is 8.18. The van der Waals surface area contributed by atoms with Gasteiger partial charge in [0.25, 0.3) is 5.91 Å². The van der Waals surface area contributed by atoms with E-state index in [2.05, 4.69) is 0 Å². The Kier molecular flexibility index (Phi) is 5.88. The van der Waals surface area contributed by atoms with Gasteiger partial charge in [-0.25, -0.2) is 0 Å². The average Bonchev–Trinajstić information content (AvgIpc) is 2.50. The van der Waals surface area contributed by atoms with Crippen molar-refractivity contribution in [2.45, 2.75) is 39.2 Å². The molecule has 1 saturated heterocycles. The molecule has 1 fully saturated rings. The Morgan fingerprint density at radius 2 is 2.04 bits per heavy atom. The molecule has 126 valence electrons. The molecule has 0 aliphatic carbocycles. The summed E-state index contributed by atoms with van der Waals surface area (Å²) >= 11 is 6.09. The number of carboxylic acids is 1. The third-order valence-corrected chi connectivity index (χ3v) is 4.44. The van der Waals surface area contributed by atoms with Crippen molar-refractivity contribution in [3.05, 3.63) is 28.8 Å². The SMILES string of the molecule is Cc1ccc(Cl)c(OC(C)C(=O)N2CCC(CC(=O)O)CC2)c1. The molecule has 0 spiro atoms. The maximum atomic E-state index is 12.5. The highest BCUT2D eigenvalue weighted by Gasteiger charge is 2.28. The molecule has 0 radical (unpaired) electrons. The second-order valence-electron chi connectivity index (χ2n) is 6.06. The summed E-state index contributed by atoms with van der Waals surface area (Å²) in [5.41, 5.74) is 1.01. The zero-order valence-corrected chi connectivity index (χ0v) is 14.2. The minimum Gasteiger partial charge on any atom is -0.481 e. The smallest absolute Gasteiger partial charge is 0.303 e. The number of piperidine rings is 1. The number of hydrogen-bond acceptors (Lipinski definition) is 3. The van der Waals surface area contributed by atoms with Crippen LogP contribution in [0.1, 0.15) is 31.7 Å². The van der Waals surface area contributed by atoms with Crippen LogP contribution in [-0.4, -0.2) is 41.1 Å². The van der Waals surface area contributed by atoms with Gasteiger partial charge in [-0.3, -0.25) is 9.59 Å². The molecule has 0 saturated carbocycles. The molecular formula is C17H22ClNO4. The van der Waals surface area contributed by atoms with E-state index in [-0.39, 0.29) is 18.2 Å². The highest BCUT2D eigenvalue weighted by Crippen LogP contribution is 2.27. The Labute approximate surface area is 141 Å². The molecule has 6 heteroatoms. The van der Waals surface area contributed by atoms with Gasteiger partial charge in [-0.1, -0.05) is 17.7 Å². The molecular weight excluding hydrogens is 318 g/mol. The molecule has 1 unspecified atom stereocenters. The van der Waals surface area contributed by atoms with Crippen LogP contribution in [0.3, 0.4) is 0 Å². The number of carbonyl (C=O) groups is 2. The van der Waals surface area contributed by atoms with Crippen LogP contribution in [0.25, 0.3) is 0 Å². The molecule has 23 heavy (non-hydrogen) atoms. The molecule has 5 nitrogen and oxygen atoms in total. The predicted molar refractivity (Wildman–Crippen MR) is 87.8 cm³/mol. The lowest BCUT2D eigenvalue weighted by Crippen LogP contribution is -2.45. The van der Waals surface area contributed by atoms with E-state index in [1.165, 1.54) is 0 Å². The predicted octanol–water partition coefficient (Wildman–Crippen LogP) is 3.13. The van der Waals surface area contributed by atoms with Gasteiger partial charge in [0, 0.05) is 19.5 Å². The average molecular weight is 340 g/mol. The number of likely N-dealkylation sites (tertiary alicyclic amines) is 1. The zero-order chi connectivity index (χ0) is 17.0. The van der Waals surface area contributed by atoms with Crippen LogP contribution >= 0.6 is 11.6 Å². The monoisotopic (exact) mass is 339 g/mol. The second kappa shape index (κ2) is 7.68. The highest BCUT2D eigenvalue weighted by atomic mass is 35.5. The number of ether oxygens (including phenoxy) is 1. The molecule has 1 amide bonds. The van der Waals surface area contributed by atoms with E-state index in [1.54, 1.807) is 17.9 Å². The molecule has 1 heterocycles. The molecule has 0 bridgehead atoms. The normalized spacial score (nSPS) is 16.9. The summed E-state index contributed by atoms with van der Waals surface area (Å²) in [6.45, 7) is 4.80. The molecule has 0 aromatic heterocycles. The van der Waals surface area contributed by atoms with Gasteiger partial charge in [-0.05, 0) is 50.3 Å². The van der Waals surface area contributed by atoms with E-state index in [1.807, 2.05) is 19.1 Å². The van der Waals surface area contributed by atoms with Crippen molar-refractivity contribution >= 4 is 23.5 Å². The van der Waals surface area contributed by atoms with Crippen molar-refractivity contribution in [3.63, 3.8) is 0 Å². The number of carboxylic acid groups (broad SMARTS) is 1. The second-order valence-corrected chi connectivity index (χ2v) is 6.47. The molecule has 1 atom stereocenters. The van der Waals surface area contributed by atoms with Gasteiger partial charge in [0.15, 0.2) is 6.10 Å². The topological polar surface area (TPSA) is 66.8 Å². The number of amides is 1. The number of halogens is 1. The minimum absolute atomic E-state index is 0.0867. The number of benzene rings is 1. The van der Waals surface area contributed by atoms with Gasteiger partial charge < -0.3 is 14.7 Å². The molecule has 1 aliphatic rings. The number of nitrogens with zero attached hydrogens (tertiary/aromatic N) is 1. The first-order chi connectivity index (χ1) is 10.9. The quantitative estimate of drug-likeness (QED) is 0.895. The summed E-state index contributed by atoms with van der Waals surface area (Å²) in [6.07, 6.45) is 0.990. The third kappa shape index (κ3) is 4.86. The molecule has 1 aromatic carbocycles. The fourth-order valence-electron chi connectivity index (χ4n) is 2.80. The van der Waals surface area contributed by atoms with Crippen molar-refractivity contribution in [2.24, 2.45) is 5.92 Å². The van der Waals surface area contributed by atoms with Crippen LogP contribution in [0.2, 0.25) is 5.02 Å². The summed E-state index contributed by atoms with van der Waals surface area (Å²) in [4.78, 5) is 25.0. The maximum absolute atomic E-state index is 12.5. The standard InChI is InChI=1S/C17H22ClNO4/c1-11-3-4-14(18)15(9-11)23-12(2)17(22)19-7-5-13(6-8-19)10-16(20)21/h3-4,9,12-13H,5-8,10H2,1-2H3,(H,20,21). The number of carbonyl (C=O) groups excluding carboxylic acids is 1. The van der Waals surface area contributed by atoms with Crippen LogP contribution < -0.4 is 4.74 Å². The van der Waals surface area contributed by atoms with E-state index >= 15 is 0 Å². The van der Waals surface area contributed by atoms with E-state index in [0.29, 0.717) is 23.9 Å². The summed E-state index contributed by atoms with van der Waals surface area (Å²) in [5, 5.41) is 9.31. The minimum atomic E-state index is -0.777. The zero-order valence-electron chi connectivity index (χ0n) is 13.4. The first-order valence-electron chi connectivity index (χ1n) is 7.80. The molecule has 1 N–H and O–H groups in total. The summed E-state index contributed by atoms with van der Waals surface area (Å²) < 4.78 is 5.72. The van der Waals surface area contributed by atoms with E-state index < -0.39 is 12.1 Å². The van der Waals surface area contributed by atoms with Crippen LogP contribution in [0.4, 0.5) is 0 Å². The van der Waals surface area contributed by atoms with Crippen molar-refractivity contribution in [1.82, 2.24) is 4.90 Å². The lowest BCUT2D eigenvalue weighted by atomic mass is 9.93. The Morgan fingerprint density at radius 1 is 1.39 bits per heavy atom. The van der Waals surface area contributed by atoms with Gasteiger partial charge in [0.2, 0.25) is 0 Å². The lowest BCUT2D eigenvalue weighted by Gasteiger charge is -2.33. The van der Waals surface area contributed by atoms with Crippen molar-refractivity contribution in [2.75, 3.05) is 13.1 Å². The van der Waals surface area contributed by atoms with Gasteiger partial charge in [0.05, 0.1) is 5.02 Å². The van der Waals surface area contributed by atoms with Crippen LogP contribution in [-0.2, 0) is 9.59 Å². The third-order valence-electron chi connectivity index (χ3n) is 4.13.